The maximum atomic E-state index is 14.1. The highest BCUT2D eigenvalue weighted by atomic mass is 35.5. The third-order valence-corrected chi connectivity index (χ3v) is 5.63. The van der Waals surface area contributed by atoms with Crippen molar-refractivity contribution in [2.24, 2.45) is 0 Å². The number of carbonyl (C=O) groups excluding carboxylic acids is 1. The number of hydrogen-bond donors (Lipinski definition) is 0. The van der Waals surface area contributed by atoms with E-state index in [1.165, 1.54) is 12.1 Å². The molecule has 0 saturated carbocycles. The van der Waals surface area contributed by atoms with Gasteiger partial charge in [-0.15, -0.1) is 0 Å². The van der Waals surface area contributed by atoms with E-state index in [0.717, 1.165) is 22.8 Å². The fourth-order valence-electron chi connectivity index (χ4n) is 3.91. The summed E-state index contributed by atoms with van der Waals surface area (Å²) in [4.78, 5) is 16.7. The van der Waals surface area contributed by atoms with E-state index in [0.29, 0.717) is 26.2 Å². The predicted octanol–water partition coefficient (Wildman–Crippen LogP) is 4.24. The van der Waals surface area contributed by atoms with Crippen LogP contribution in [0.2, 0.25) is 5.02 Å². The van der Waals surface area contributed by atoms with E-state index in [9.17, 15) is 9.18 Å². The van der Waals surface area contributed by atoms with Crippen LogP contribution in [0.25, 0.3) is 5.69 Å². The second kappa shape index (κ2) is 7.87. The van der Waals surface area contributed by atoms with Gasteiger partial charge >= 0.3 is 0 Å². The van der Waals surface area contributed by atoms with Crippen LogP contribution in [-0.4, -0.2) is 46.8 Å². The van der Waals surface area contributed by atoms with Crippen LogP contribution in [0.4, 0.5) is 10.1 Å². The first-order chi connectivity index (χ1) is 14.0. The Hall–Kier alpha value is -2.86. The van der Waals surface area contributed by atoms with E-state index in [-0.39, 0.29) is 16.5 Å². The molecule has 7 heteroatoms. The molecule has 0 atom stereocenters. The summed E-state index contributed by atoms with van der Waals surface area (Å²) in [5.74, 6) is -0.943. The van der Waals surface area contributed by atoms with Crippen molar-refractivity contribution in [3.05, 3.63) is 76.3 Å². The Morgan fingerprint density at radius 2 is 1.69 bits per heavy atom. The first kappa shape index (κ1) is 19.5. The Balaban J connectivity index is 1.52. The zero-order chi connectivity index (χ0) is 20.5. The summed E-state index contributed by atoms with van der Waals surface area (Å²) in [5, 5.41) is 4.85. The number of nitrogens with zero attached hydrogens (tertiary/aromatic N) is 4. The summed E-state index contributed by atoms with van der Waals surface area (Å²) in [7, 11) is 0. The van der Waals surface area contributed by atoms with Gasteiger partial charge in [0.2, 0.25) is 0 Å². The average molecular weight is 413 g/mol. The molecule has 5 nitrogen and oxygen atoms in total. The monoisotopic (exact) mass is 412 g/mol. The minimum absolute atomic E-state index is 0.0492. The average Bonchev–Trinajstić information content (AvgIpc) is 3.02. The number of amides is 1. The second-order valence-corrected chi connectivity index (χ2v) is 7.55. The third kappa shape index (κ3) is 3.60. The molecule has 2 aromatic carbocycles. The van der Waals surface area contributed by atoms with Gasteiger partial charge in [0.25, 0.3) is 5.91 Å². The molecule has 1 aliphatic heterocycles. The molecule has 2 heterocycles. The van der Waals surface area contributed by atoms with E-state index in [2.05, 4.69) is 11.8 Å². The van der Waals surface area contributed by atoms with Crippen LogP contribution in [0.1, 0.15) is 21.7 Å². The largest absolute Gasteiger partial charge is 0.365 e. The quantitative estimate of drug-likeness (QED) is 0.646. The molecular formula is C22H22ClFN4O. The standard InChI is InChI=1S/C22H22ClFN4O/c1-15-21(16(2)28(25-15)17-7-4-3-5-8-17)26-11-13-27(14-12-26)22(29)20-18(23)9-6-10-19(20)24/h3-10H,11-14H2,1-2H3. The molecule has 1 aromatic heterocycles. The lowest BCUT2D eigenvalue weighted by Gasteiger charge is -2.36. The highest BCUT2D eigenvalue weighted by molar-refractivity contribution is 6.33. The topological polar surface area (TPSA) is 41.4 Å². The maximum absolute atomic E-state index is 14.1. The molecule has 1 saturated heterocycles. The van der Waals surface area contributed by atoms with Gasteiger partial charge in [0.15, 0.2) is 0 Å². The summed E-state index contributed by atoms with van der Waals surface area (Å²) >= 11 is 6.06. The minimum atomic E-state index is -0.583. The van der Waals surface area contributed by atoms with Gasteiger partial charge < -0.3 is 9.80 Å². The maximum Gasteiger partial charge on any atom is 0.258 e. The van der Waals surface area contributed by atoms with Crippen molar-refractivity contribution >= 4 is 23.2 Å². The Labute approximate surface area is 174 Å². The minimum Gasteiger partial charge on any atom is -0.365 e. The molecule has 1 fully saturated rings. The molecule has 0 aliphatic carbocycles. The number of aromatic nitrogens is 2. The van der Waals surface area contributed by atoms with Gasteiger partial charge in [-0.2, -0.15) is 5.10 Å². The number of halogens is 2. The molecular weight excluding hydrogens is 391 g/mol. The number of carbonyl (C=O) groups is 1. The second-order valence-electron chi connectivity index (χ2n) is 7.14. The zero-order valence-electron chi connectivity index (χ0n) is 16.4. The van der Waals surface area contributed by atoms with Crippen molar-refractivity contribution in [1.29, 1.82) is 0 Å². The Bertz CT molecular complexity index is 1020. The molecule has 29 heavy (non-hydrogen) atoms. The Morgan fingerprint density at radius 1 is 1.00 bits per heavy atom. The van der Waals surface area contributed by atoms with Crippen LogP contribution in [0, 0.1) is 19.7 Å². The number of para-hydroxylation sites is 1. The summed E-state index contributed by atoms with van der Waals surface area (Å²) in [6.07, 6.45) is 0. The molecule has 150 valence electrons. The number of benzene rings is 2. The van der Waals surface area contributed by atoms with Crippen LogP contribution in [0.3, 0.4) is 0 Å². The fraction of sp³-hybridized carbons (Fsp3) is 0.273. The highest BCUT2D eigenvalue weighted by Gasteiger charge is 2.28. The number of anilines is 1. The van der Waals surface area contributed by atoms with E-state index in [4.69, 9.17) is 16.7 Å². The summed E-state index contributed by atoms with van der Waals surface area (Å²) in [6, 6.07) is 14.3. The molecule has 0 bridgehead atoms. The van der Waals surface area contributed by atoms with Crippen LogP contribution in [0.15, 0.2) is 48.5 Å². The molecule has 4 rings (SSSR count). The van der Waals surface area contributed by atoms with Crippen LogP contribution >= 0.6 is 11.6 Å². The number of aryl methyl sites for hydroxylation is 1. The fourth-order valence-corrected chi connectivity index (χ4v) is 4.15. The summed E-state index contributed by atoms with van der Waals surface area (Å²) in [5.41, 5.74) is 4.06. The van der Waals surface area contributed by atoms with Gasteiger partial charge in [0.05, 0.1) is 33.3 Å². The van der Waals surface area contributed by atoms with Crippen molar-refractivity contribution in [3.8, 4) is 5.69 Å². The number of rotatable bonds is 3. The van der Waals surface area contributed by atoms with Crippen molar-refractivity contribution in [3.63, 3.8) is 0 Å². The Kier molecular flexibility index (Phi) is 5.28. The van der Waals surface area contributed by atoms with E-state index in [1.807, 2.05) is 41.9 Å². The van der Waals surface area contributed by atoms with Crippen molar-refractivity contribution in [2.45, 2.75) is 13.8 Å². The number of hydrogen-bond acceptors (Lipinski definition) is 3. The third-order valence-electron chi connectivity index (χ3n) is 5.31. The molecule has 0 radical (unpaired) electrons. The van der Waals surface area contributed by atoms with E-state index < -0.39 is 5.82 Å². The summed E-state index contributed by atoms with van der Waals surface area (Å²) in [6.45, 7) is 6.36. The van der Waals surface area contributed by atoms with Crippen molar-refractivity contribution in [2.75, 3.05) is 31.1 Å². The Morgan fingerprint density at radius 3 is 2.34 bits per heavy atom. The van der Waals surface area contributed by atoms with Crippen LogP contribution in [-0.2, 0) is 0 Å². The van der Waals surface area contributed by atoms with Gasteiger partial charge in [-0.3, -0.25) is 4.79 Å². The zero-order valence-corrected chi connectivity index (χ0v) is 17.2. The first-order valence-corrected chi connectivity index (χ1v) is 9.95. The molecule has 0 spiro atoms. The lowest BCUT2D eigenvalue weighted by Crippen LogP contribution is -2.49. The van der Waals surface area contributed by atoms with Crippen molar-refractivity contribution < 1.29 is 9.18 Å². The lowest BCUT2D eigenvalue weighted by atomic mass is 10.1. The van der Waals surface area contributed by atoms with E-state index in [1.54, 1.807) is 11.0 Å². The van der Waals surface area contributed by atoms with Gasteiger partial charge in [-0.05, 0) is 38.1 Å². The van der Waals surface area contributed by atoms with Gasteiger partial charge in [0.1, 0.15) is 5.82 Å². The van der Waals surface area contributed by atoms with Crippen LogP contribution < -0.4 is 4.90 Å². The highest BCUT2D eigenvalue weighted by Crippen LogP contribution is 2.28. The van der Waals surface area contributed by atoms with Gasteiger partial charge in [-0.1, -0.05) is 35.9 Å². The molecule has 3 aromatic rings. The number of piperazine rings is 1. The first-order valence-electron chi connectivity index (χ1n) is 9.57. The molecule has 1 aliphatic rings. The molecule has 1 amide bonds. The van der Waals surface area contributed by atoms with Crippen molar-refractivity contribution in [1.82, 2.24) is 14.7 Å². The SMILES string of the molecule is Cc1nn(-c2ccccc2)c(C)c1N1CCN(C(=O)c2c(F)cccc2Cl)CC1. The normalized spacial score (nSPS) is 14.3. The van der Waals surface area contributed by atoms with Crippen LogP contribution in [0.5, 0.6) is 0 Å². The van der Waals surface area contributed by atoms with Gasteiger partial charge in [-0.25, -0.2) is 9.07 Å². The lowest BCUT2D eigenvalue weighted by molar-refractivity contribution is 0.0742. The summed E-state index contributed by atoms with van der Waals surface area (Å²) < 4.78 is 16.1. The van der Waals surface area contributed by atoms with Gasteiger partial charge in [0, 0.05) is 26.2 Å². The molecule has 0 unspecified atom stereocenters. The molecule has 0 N–H and O–H groups in total. The van der Waals surface area contributed by atoms with E-state index >= 15 is 0 Å². The smallest absolute Gasteiger partial charge is 0.258 e. The predicted molar refractivity (Wildman–Crippen MR) is 113 cm³/mol.